The largest absolute Gasteiger partial charge is 0.395 e. The van der Waals surface area contributed by atoms with Crippen LogP contribution in [0.4, 0.5) is 0 Å². The molecule has 0 saturated heterocycles. The first-order chi connectivity index (χ1) is 7.90. The van der Waals surface area contributed by atoms with Crippen molar-refractivity contribution >= 4 is 0 Å². The van der Waals surface area contributed by atoms with E-state index in [9.17, 15) is 5.11 Å². The Morgan fingerprint density at radius 1 is 0.882 bits per heavy atom. The molecule has 0 aromatic carbocycles. The molecule has 4 nitrogen and oxygen atoms in total. The number of hydrogen-bond acceptors (Lipinski definition) is 4. The molecule has 17 heavy (non-hydrogen) atoms. The van der Waals surface area contributed by atoms with E-state index in [2.05, 4.69) is 63.7 Å². The van der Waals surface area contributed by atoms with Gasteiger partial charge in [-0.15, -0.1) is 0 Å². The molecule has 0 aromatic rings. The third-order valence-corrected chi connectivity index (χ3v) is 3.38. The van der Waals surface area contributed by atoms with E-state index in [0.29, 0.717) is 12.3 Å². The lowest BCUT2D eigenvalue weighted by Gasteiger charge is -2.46. The standard InChI is InChI=1S/C13H31N3O/c1-8-12(14(4)5)16(11(3)10-17)13(9-2)15(6)7/h11-13,17H,8-10H2,1-7H3. The van der Waals surface area contributed by atoms with E-state index in [1.165, 1.54) is 0 Å². The zero-order valence-corrected chi connectivity index (χ0v) is 12.6. The lowest BCUT2D eigenvalue weighted by Crippen LogP contribution is -2.58. The second-order valence-corrected chi connectivity index (χ2v) is 5.18. The van der Waals surface area contributed by atoms with Gasteiger partial charge in [0.05, 0.1) is 18.9 Å². The summed E-state index contributed by atoms with van der Waals surface area (Å²) < 4.78 is 0. The van der Waals surface area contributed by atoms with Crippen molar-refractivity contribution in [3.8, 4) is 0 Å². The van der Waals surface area contributed by atoms with E-state index in [1.807, 2.05) is 0 Å². The van der Waals surface area contributed by atoms with Gasteiger partial charge < -0.3 is 5.11 Å². The summed E-state index contributed by atoms with van der Waals surface area (Å²) in [5, 5.41) is 9.48. The zero-order chi connectivity index (χ0) is 13.6. The van der Waals surface area contributed by atoms with Gasteiger partial charge in [0.25, 0.3) is 0 Å². The minimum absolute atomic E-state index is 0.176. The van der Waals surface area contributed by atoms with Crippen LogP contribution in [0.5, 0.6) is 0 Å². The van der Waals surface area contributed by atoms with E-state index in [0.717, 1.165) is 12.8 Å². The van der Waals surface area contributed by atoms with Crippen LogP contribution in [-0.4, -0.2) is 73.0 Å². The van der Waals surface area contributed by atoms with Gasteiger partial charge >= 0.3 is 0 Å². The molecule has 0 heterocycles. The Morgan fingerprint density at radius 3 is 1.41 bits per heavy atom. The Labute approximate surface area is 107 Å². The number of aliphatic hydroxyl groups excluding tert-OH is 1. The van der Waals surface area contributed by atoms with Gasteiger partial charge in [-0.3, -0.25) is 14.7 Å². The Balaban J connectivity index is 5.08. The molecule has 3 unspecified atom stereocenters. The maximum atomic E-state index is 9.48. The average molecular weight is 245 g/mol. The minimum Gasteiger partial charge on any atom is -0.395 e. The fourth-order valence-corrected chi connectivity index (χ4v) is 2.57. The van der Waals surface area contributed by atoms with Crippen molar-refractivity contribution in [3.63, 3.8) is 0 Å². The van der Waals surface area contributed by atoms with Crippen LogP contribution in [0.25, 0.3) is 0 Å². The Hall–Kier alpha value is -0.160. The van der Waals surface area contributed by atoms with Crippen molar-refractivity contribution in [1.82, 2.24) is 14.7 Å². The summed E-state index contributed by atoms with van der Waals surface area (Å²) in [5.41, 5.74) is 0. The summed E-state index contributed by atoms with van der Waals surface area (Å²) in [5.74, 6) is 0. The first-order valence-electron chi connectivity index (χ1n) is 6.61. The SMILES string of the molecule is CCC(N(C)C)N(C(C)CO)C(CC)N(C)C. The number of aliphatic hydroxyl groups is 1. The van der Waals surface area contributed by atoms with E-state index >= 15 is 0 Å². The highest BCUT2D eigenvalue weighted by Crippen LogP contribution is 2.19. The van der Waals surface area contributed by atoms with Gasteiger partial charge in [-0.2, -0.15) is 0 Å². The van der Waals surface area contributed by atoms with Crippen LogP contribution < -0.4 is 0 Å². The van der Waals surface area contributed by atoms with Gasteiger partial charge in [0.2, 0.25) is 0 Å². The van der Waals surface area contributed by atoms with Crippen LogP contribution in [0.3, 0.4) is 0 Å². The third-order valence-electron chi connectivity index (χ3n) is 3.38. The smallest absolute Gasteiger partial charge is 0.0631 e. The molecule has 0 aliphatic carbocycles. The zero-order valence-electron chi connectivity index (χ0n) is 12.6. The molecule has 0 radical (unpaired) electrons. The van der Waals surface area contributed by atoms with E-state index in [1.54, 1.807) is 0 Å². The number of nitrogens with zero attached hydrogens (tertiary/aromatic N) is 3. The molecule has 4 heteroatoms. The highest BCUT2D eigenvalue weighted by molar-refractivity contribution is 4.79. The van der Waals surface area contributed by atoms with Crippen molar-refractivity contribution in [2.45, 2.75) is 52.0 Å². The molecule has 0 spiro atoms. The second-order valence-electron chi connectivity index (χ2n) is 5.18. The molecule has 104 valence electrons. The fourth-order valence-electron chi connectivity index (χ4n) is 2.57. The highest BCUT2D eigenvalue weighted by Gasteiger charge is 2.30. The Bertz CT molecular complexity index is 181. The molecule has 0 fully saturated rings. The molecule has 3 atom stereocenters. The maximum absolute atomic E-state index is 9.48. The van der Waals surface area contributed by atoms with Gasteiger partial charge in [-0.25, -0.2) is 0 Å². The van der Waals surface area contributed by atoms with Crippen LogP contribution in [-0.2, 0) is 0 Å². The van der Waals surface area contributed by atoms with Gasteiger partial charge in [-0.1, -0.05) is 13.8 Å². The predicted octanol–water partition coefficient (Wildman–Crippen LogP) is 1.26. The van der Waals surface area contributed by atoms with Crippen LogP contribution in [0, 0.1) is 0 Å². The first kappa shape index (κ1) is 16.8. The molecule has 0 aromatic heterocycles. The van der Waals surface area contributed by atoms with Gasteiger partial charge in [-0.05, 0) is 48.0 Å². The molecule has 0 amide bonds. The summed E-state index contributed by atoms with van der Waals surface area (Å²) in [4.78, 5) is 6.89. The number of rotatable bonds is 8. The molecule has 0 bridgehead atoms. The minimum atomic E-state index is 0.176. The summed E-state index contributed by atoms with van der Waals surface area (Å²) in [6, 6.07) is 0.176. The van der Waals surface area contributed by atoms with Crippen molar-refractivity contribution < 1.29 is 5.11 Å². The van der Waals surface area contributed by atoms with Gasteiger partial charge in [0.1, 0.15) is 0 Å². The van der Waals surface area contributed by atoms with Crippen molar-refractivity contribution in [2.24, 2.45) is 0 Å². The van der Waals surface area contributed by atoms with E-state index < -0.39 is 0 Å². The van der Waals surface area contributed by atoms with Crippen molar-refractivity contribution in [3.05, 3.63) is 0 Å². The third kappa shape index (κ3) is 4.54. The van der Waals surface area contributed by atoms with Crippen LogP contribution in [0.15, 0.2) is 0 Å². The Kier molecular flexibility index (Phi) is 7.96. The highest BCUT2D eigenvalue weighted by atomic mass is 16.3. The first-order valence-corrected chi connectivity index (χ1v) is 6.61. The maximum Gasteiger partial charge on any atom is 0.0631 e. The molecular weight excluding hydrogens is 214 g/mol. The summed E-state index contributed by atoms with van der Waals surface area (Å²) in [6.45, 7) is 6.70. The fraction of sp³-hybridized carbons (Fsp3) is 1.00. The monoisotopic (exact) mass is 245 g/mol. The quantitative estimate of drug-likeness (QED) is 0.652. The van der Waals surface area contributed by atoms with E-state index in [4.69, 9.17) is 0 Å². The van der Waals surface area contributed by atoms with Crippen LogP contribution in [0.2, 0.25) is 0 Å². The lowest BCUT2D eigenvalue weighted by atomic mass is 10.1. The second kappa shape index (κ2) is 8.03. The Morgan fingerprint density at radius 2 is 1.24 bits per heavy atom. The van der Waals surface area contributed by atoms with Crippen LogP contribution in [0.1, 0.15) is 33.6 Å². The van der Waals surface area contributed by atoms with Gasteiger partial charge in [0.15, 0.2) is 0 Å². The molecule has 0 aliphatic heterocycles. The molecule has 1 N–H and O–H groups in total. The van der Waals surface area contributed by atoms with Crippen molar-refractivity contribution in [2.75, 3.05) is 34.8 Å². The van der Waals surface area contributed by atoms with Gasteiger partial charge in [0, 0.05) is 6.04 Å². The van der Waals surface area contributed by atoms with Crippen LogP contribution >= 0.6 is 0 Å². The summed E-state index contributed by atoms with van der Waals surface area (Å²) >= 11 is 0. The normalized spacial score (nSPS) is 17.8. The molecular formula is C13H31N3O. The topological polar surface area (TPSA) is 30.0 Å². The average Bonchev–Trinajstić information content (AvgIpc) is 2.27. The predicted molar refractivity (Wildman–Crippen MR) is 73.9 cm³/mol. The summed E-state index contributed by atoms with van der Waals surface area (Å²) in [6.07, 6.45) is 2.84. The lowest BCUT2D eigenvalue weighted by molar-refractivity contribution is -0.0581. The van der Waals surface area contributed by atoms with Crippen molar-refractivity contribution in [1.29, 1.82) is 0 Å². The molecule has 0 rings (SSSR count). The molecule has 0 saturated carbocycles. The molecule has 0 aliphatic rings. The summed E-state index contributed by atoms with van der Waals surface area (Å²) in [7, 11) is 8.42. The van der Waals surface area contributed by atoms with E-state index in [-0.39, 0.29) is 12.6 Å². The number of hydrogen-bond donors (Lipinski definition) is 1.